The maximum Gasteiger partial charge on any atom is 0.265 e. The number of carbonyl (C=O) groups excluding carboxylic acids is 1. The molecule has 0 radical (unpaired) electrons. The molecule has 138 valence electrons. The van der Waals surface area contributed by atoms with Crippen LogP contribution in [0.5, 0.6) is 0 Å². The van der Waals surface area contributed by atoms with Crippen molar-refractivity contribution in [2.24, 2.45) is 0 Å². The Kier molecular flexibility index (Phi) is 4.56. The molecule has 2 aromatic carbocycles. The lowest BCUT2D eigenvalue weighted by Crippen LogP contribution is -2.47. The van der Waals surface area contributed by atoms with E-state index in [0.29, 0.717) is 17.6 Å². The molecule has 2 aromatic rings. The average molecular weight is 374 g/mol. The van der Waals surface area contributed by atoms with Gasteiger partial charge in [0.25, 0.3) is 10.0 Å². The summed E-state index contributed by atoms with van der Waals surface area (Å²) in [4.78, 5) is 14.9. The third-order valence-corrected chi connectivity index (χ3v) is 6.73. The van der Waals surface area contributed by atoms with Gasteiger partial charge in [0.1, 0.15) is 6.54 Å². The minimum Gasteiger partial charge on any atom is -0.353 e. The standard InChI is InChI=1S/C18H22N4O3S/c23-17(20-9-12-21-10-7-19-8-11-21)13-22-15-5-1-3-14-4-2-6-16(18(14)15)26(22,24)25/h1-6,19H,7-13H2,(H,20,23). The van der Waals surface area contributed by atoms with Crippen molar-refractivity contribution < 1.29 is 13.2 Å². The molecular formula is C18H22N4O3S. The molecular weight excluding hydrogens is 352 g/mol. The molecule has 1 fully saturated rings. The molecule has 8 heteroatoms. The normalized spacial score (nSPS) is 19.0. The molecule has 0 atom stereocenters. The van der Waals surface area contributed by atoms with E-state index in [-0.39, 0.29) is 17.3 Å². The fraction of sp³-hybridized carbons (Fsp3) is 0.389. The Balaban J connectivity index is 1.45. The number of nitrogens with zero attached hydrogens (tertiary/aromatic N) is 2. The van der Waals surface area contributed by atoms with Crippen LogP contribution in [0.1, 0.15) is 0 Å². The van der Waals surface area contributed by atoms with Crippen LogP contribution in [0.2, 0.25) is 0 Å². The van der Waals surface area contributed by atoms with E-state index in [0.717, 1.165) is 38.1 Å². The monoisotopic (exact) mass is 374 g/mol. The second-order valence-corrected chi connectivity index (χ2v) is 8.42. The summed E-state index contributed by atoms with van der Waals surface area (Å²) < 4.78 is 26.9. The predicted molar refractivity (Wildman–Crippen MR) is 101 cm³/mol. The number of carbonyl (C=O) groups is 1. The van der Waals surface area contributed by atoms with Gasteiger partial charge in [-0.2, -0.15) is 0 Å². The van der Waals surface area contributed by atoms with E-state index in [9.17, 15) is 13.2 Å². The Morgan fingerprint density at radius 2 is 1.85 bits per heavy atom. The van der Waals surface area contributed by atoms with Crippen LogP contribution in [0, 0.1) is 0 Å². The van der Waals surface area contributed by atoms with Gasteiger partial charge in [-0.05, 0) is 17.5 Å². The number of benzene rings is 2. The van der Waals surface area contributed by atoms with Crippen molar-refractivity contribution >= 4 is 32.4 Å². The molecule has 0 spiro atoms. The van der Waals surface area contributed by atoms with E-state index in [1.165, 1.54) is 4.31 Å². The van der Waals surface area contributed by atoms with Crippen LogP contribution in [-0.2, 0) is 14.8 Å². The van der Waals surface area contributed by atoms with Gasteiger partial charge in [-0.25, -0.2) is 8.42 Å². The lowest BCUT2D eigenvalue weighted by Gasteiger charge is -2.27. The Morgan fingerprint density at radius 1 is 1.12 bits per heavy atom. The lowest BCUT2D eigenvalue weighted by atomic mass is 10.1. The van der Waals surface area contributed by atoms with Gasteiger partial charge < -0.3 is 10.6 Å². The summed E-state index contributed by atoms with van der Waals surface area (Å²) in [6.07, 6.45) is 0. The Hall–Kier alpha value is -2.16. The van der Waals surface area contributed by atoms with Crippen molar-refractivity contribution in [1.29, 1.82) is 0 Å². The largest absolute Gasteiger partial charge is 0.353 e. The Labute approximate surface area is 153 Å². The number of anilines is 1. The van der Waals surface area contributed by atoms with Crippen LogP contribution in [0.3, 0.4) is 0 Å². The molecule has 7 nitrogen and oxygen atoms in total. The molecule has 0 aromatic heterocycles. The molecule has 2 aliphatic rings. The molecule has 26 heavy (non-hydrogen) atoms. The molecule has 1 amide bonds. The summed E-state index contributed by atoms with van der Waals surface area (Å²) in [6.45, 7) is 4.95. The molecule has 1 saturated heterocycles. The first kappa shape index (κ1) is 17.3. The van der Waals surface area contributed by atoms with Crippen molar-refractivity contribution in [3.63, 3.8) is 0 Å². The molecule has 2 heterocycles. The van der Waals surface area contributed by atoms with Gasteiger partial charge >= 0.3 is 0 Å². The van der Waals surface area contributed by atoms with Crippen molar-refractivity contribution in [1.82, 2.24) is 15.5 Å². The van der Waals surface area contributed by atoms with E-state index in [2.05, 4.69) is 15.5 Å². The lowest BCUT2D eigenvalue weighted by molar-refractivity contribution is -0.119. The zero-order valence-electron chi connectivity index (χ0n) is 14.4. The Morgan fingerprint density at radius 3 is 2.62 bits per heavy atom. The smallest absolute Gasteiger partial charge is 0.265 e. The quantitative estimate of drug-likeness (QED) is 0.790. The second-order valence-electron chi connectivity index (χ2n) is 6.58. The third-order valence-electron chi connectivity index (χ3n) is 4.93. The van der Waals surface area contributed by atoms with Crippen LogP contribution >= 0.6 is 0 Å². The SMILES string of the molecule is O=C(CN1c2cccc3cccc(c23)S1(=O)=O)NCCN1CCNCC1. The summed E-state index contributed by atoms with van der Waals surface area (Å²) in [7, 11) is -3.69. The highest BCUT2D eigenvalue weighted by molar-refractivity contribution is 7.93. The predicted octanol–water partition coefficient (Wildman–Crippen LogP) is 0.370. The van der Waals surface area contributed by atoms with Crippen LogP contribution < -0.4 is 14.9 Å². The highest BCUT2D eigenvalue weighted by Gasteiger charge is 2.36. The summed E-state index contributed by atoms with van der Waals surface area (Å²) in [6, 6.07) is 10.7. The van der Waals surface area contributed by atoms with E-state index in [4.69, 9.17) is 0 Å². The number of hydrogen-bond donors (Lipinski definition) is 2. The highest BCUT2D eigenvalue weighted by Crippen LogP contribution is 2.41. The second kappa shape index (κ2) is 6.86. The van der Waals surface area contributed by atoms with E-state index >= 15 is 0 Å². The van der Waals surface area contributed by atoms with Gasteiger partial charge in [0.15, 0.2) is 0 Å². The molecule has 2 N–H and O–H groups in total. The average Bonchev–Trinajstić information content (AvgIpc) is 2.86. The van der Waals surface area contributed by atoms with Gasteiger partial charge in [-0.15, -0.1) is 0 Å². The first-order valence-electron chi connectivity index (χ1n) is 8.81. The van der Waals surface area contributed by atoms with E-state index in [1.807, 2.05) is 18.2 Å². The van der Waals surface area contributed by atoms with Crippen LogP contribution in [-0.4, -0.2) is 65.0 Å². The summed E-state index contributed by atoms with van der Waals surface area (Å²) >= 11 is 0. The maximum atomic E-state index is 12.9. The number of rotatable bonds is 5. The number of nitrogens with one attached hydrogen (secondary N) is 2. The van der Waals surface area contributed by atoms with Crippen molar-refractivity contribution in [3.05, 3.63) is 36.4 Å². The minimum atomic E-state index is -3.69. The van der Waals surface area contributed by atoms with Gasteiger partial charge in [-0.1, -0.05) is 24.3 Å². The molecule has 0 bridgehead atoms. The van der Waals surface area contributed by atoms with E-state index < -0.39 is 10.0 Å². The first-order chi connectivity index (χ1) is 12.6. The summed E-state index contributed by atoms with van der Waals surface area (Å²) in [5.74, 6) is -0.284. The number of amides is 1. The zero-order chi connectivity index (χ0) is 18.1. The van der Waals surface area contributed by atoms with Crippen molar-refractivity contribution in [3.8, 4) is 0 Å². The third kappa shape index (κ3) is 3.04. The zero-order valence-corrected chi connectivity index (χ0v) is 15.3. The molecule has 0 unspecified atom stereocenters. The fourth-order valence-electron chi connectivity index (χ4n) is 3.60. The van der Waals surface area contributed by atoms with Crippen LogP contribution in [0.4, 0.5) is 5.69 Å². The fourth-order valence-corrected chi connectivity index (χ4v) is 5.27. The van der Waals surface area contributed by atoms with Gasteiger partial charge in [0, 0.05) is 44.7 Å². The molecule has 0 saturated carbocycles. The molecule has 4 rings (SSSR count). The summed E-state index contributed by atoms with van der Waals surface area (Å²) in [5, 5.41) is 7.70. The van der Waals surface area contributed by atoms with E-state index in [1.54, 1.807) is 18.2 Å². The highest BCUT2D eigenvalue weighted by atomic mass is 32.2. The number of sulfonamides is 1. The maximum absolute atomic E-state index is 12.9. The molecule has 0 aliphatic carbocycles. The van der Waals surface area contributed by atoms with Gasteiger partial charge in [0.05, 0.1) is 10.6 Å². The van der Waals surface area contributed by atoms with Crippen LogP contribution in [0.25, 0.3) is 10.8 Å². The van der Waals surface area contributed by atoms with Gasteiger partial charge in [0.2, 0.25) is 5.91 Å². The Bertz CT molecular complexity index is 933. The number of piperazine rings is 1. The van der Waals surface area contributed by atoms with Crippen molar-refractivity contribution in [2.45, 2.75) is 4.90 Å². The topological polar surface area (TPSA) is 81.8 Å². The van der Waals surface area contributed by atoms with Crippen LogP contribution in [0.15, 0.2) is 41.3 Å². The van der Waals surface area contributed by atoms with Gasteiger partial charge in [-0.3, -0.25) is 14.0 Å². The molecule has 2 aliphatic heterocycles. The number of hydrogen-bond acceptors (Lipinski definition) is 5. The first-order valence-corrected chi connectivity index (χ1v) is 10.3. The van der Waals surface area contributed by atoms with Crippen molar-refractivity contribution in [2.75, 3.05) is 50.1 Å². The minimum absolute atomic E-state index is 0.197. The summed E-state index contributed by atoms with van der Waals surface area (Å²) in [5.41, 5.74) is 0.579.